The topological polar surface area (TPSA) is 97.0 Å². The van der Waals surface area contributed by atoms with E-state index in [2.05, 4.69) is 20.5 Å². The van der Waals surface area contributed by atoms with Crippen LogP contribution in [0.2, 0.25) is 5.02 Å². The zero-order chi connectivity index (χ0) is 19.9. The van der Waals surface area contributed by atoms with Gasteiger partial charge in [-0.1, -0.05) is 29.4 Å². The lowest BCUT2D eigenvalue weighted by Gasteiger charge is -2.06. The Hall–Kier alpha value is -2.84. The van der Waals surface area contributed by atoms with E-state index in [1.165, 1.54) is 11.8 Å². The molecule has 0 atom stereocenters. The Morgan fingerprint density at radius 2 is 2.00 bits per heavy atom. The number of esters is 1. The van der Waals surface area contributed by atoms with Crippen LogP contribution in [0.4, 0.5) is 5.69 Å². The number of nitrogens with one attached hydrogen (secondary N) is 2. The van der Waals surface area contributed by atoms with E-state index in [0.717, 1.165) is 5.56 Å². The molecule has 7 nitrogen and oxygen atoms in total. The lowest BCUT2D eigenvalue weighted by atomic mass is 10.2. The molecule has 0 aliphatic rings. The molecule has 1 heterocycles. The van der Waals surface area contributed by atoms with Gasteiger partial charge in [0.15, 0.2) is 5.82 Å². The van der Waals surface area contributed by atoms with Gasteiger partial charge in [-0.2, -0.15) is 0 Å². The maximum atomic E-state index is 12.2. The Morgan fingerprint density at radius 1 is 1.21 bits per heavy atom. The number of anilines is 1. The fourth-order valence-corrected chi connectivity index (χ4v) is 3.04. The summed E-state index contributed by atoms with van der Waals surface area (Å²) in [7, 11) is 0. The maximum absolute atomic E-state index is 12.2. The van der Waals surface area contributed by atoms with Gasteiger partial charge >= 0.3 is 5.97 Å². The number of amides is 1. The smallest absolute Gasteiger partial charge is 0.338 e. The summed E-state index contributed by atoms with van der Waals surface area (Å²) in [5.41, 5.74) is 1.76. The van der Waals surface area contributed by atoms with Crippen molar-refractivity contribution in [3.63, 3.8) is 0 Å². The molecule has 144 valence electrons. The second-order valence-electron chi connectivity index (χ2n) is 5.61. The van der Waals surface area contributed by atoms with Crippen molar-refractivity contribution in [1.29, 1.82) is 0 Å². The molecule has 9 heteroatoms. The van der Waals surface area contributed by atoms with Gasteiger partial charge in [-0.3, -0.25) is 9.89 Å². The van der Waals surface area contributed by atoms with Crippen molar-refractivity contribution in [2.45, 2.75) is 12.1 Å². The van der Waals surface area contributed by atoms with E-state index in [4.69, 9.17) is 16.3 Å². The molecule has 2 N–H and O–H groups in total. The lowest BCUT2D eigenvalue weighted by molar-refractivity contribution is -0.113. The summed E-state index contributed by atoms with van der Waals surface area (Å²) >= 11 is 7.08. The van der Waals surface area contributed by atoms with Crippen LogP contribution < -0.4 is 5.32 Å². The molecule has 0 radical (unpaired) electrons. The lowest BCUT2D eigenvalue weighted by Crippen LogP contribution is -2.14. The highest BCUT2D eigenvalue weighted by Crippen LogP contribution is 2.21. The van der Waals surface area contributed by atoms with Gasteiger partial charge in [0.05, 0.1) is 17.9 Å². The van der Waals surface area contributed by atoms with Gasteiger partial charge < -0.3 is 10.1 Å². The van der Waals surface area contributed by atoms with E-state index in [1.54, 1.807) is 43.3 Å². The number of hydrogen-bond acceptors (Lipinski definition) is 6. The van der Waals surface area contributed by atoms with E-state index in [0.29, 0.717) is 33.9 Å². The molecule has 0 unspecified atom stereocenters. The average Bonchev–Trinajstić information content (AvgIpc) is 3.16. The van der Waals surface area contributed by atoms with Crippen molar-refractivity contribution in [3.8, 4) is 11.4 Å². The Kier molecular flexibility index (Phi) is 6.67. The fraction of sp³-hybridized carbons (Fsp3) is 0.158. The molecule has 3 rings (SSSR count). The first kappa shape index (κ1) is 19.9. The fourth-order valence-electron chi connectivity index (χ4n) is 2.31. The van der Waals surface area contributed by atoms with Crippen molar-refractivity contribution in [3.05, 3.63) is 59.1 Å². The van der Waals surface area contributed by atoms with Crippen LogP contribution in [0.3, 0.4) is 0 Å². The SMILES string of the molecule is CCOC(=O)c1cccc(NC(=O)CSc2n[nH]c(-c3ccc(Cl)cc3)n2)c1. The van der Waals surface area contributed by atoms with E-state index >= 15 is 0 Å². The van der Waals surface area contributed by atoms with Crippen molar-refractivity contribution in [1.82, 2.24) is 15.2 Å². The van der Waals surface area contributed by atoms with Crippen molar-refractivity contribution in [2.75, 3.05) is 17.7 Å². The molecule has 0 saturated carbocycles. The van der Waals surface area contributed by atoms with Gasteiger partial charge in [0.2, 0.25) is 11.1 Å². The summed E-state index contributed by atoms with van der Waals surface area (Å²) in [6.45, 7) is 2.03. The Labute approximate surface area is 170 Å². The normalized spacial score (nSPS) is 10.5. The number of aromatic nitrogens is 3. The van der Waals surface area contributed by atoms with E-state index < -0.39 is 5.97 Å². The van der Waals surface area contributed by atoms with Crippen LogP contribution in [0, 0.1) is 0 Å². The molecular weight excluding hydrogens is 400 g/mol. The molecule has 2 aromatic carbocycles. The summed E-state index contributed by atoms with van der Waals surface area (Å²) in [4.78, 5) is 28.3. The molecular formula is C19H17ClN4O3S. The molecule has 0 aliphatic heterocycles. The molecule has 1 amide bonds. The van der Waals surface area contributed by atoms with Crippen LogP contribution in [0.25, 0.3) is 11.4 Å². The maximum Gasteiger partial charge on any atom is 0.338 e. The quantitative estimate of drug-likeness (QED) is 0.445. The Balaban J connectivity index is 1.56. The highest BCUT2D eigenvalue weighted by Gasteiger charge is 2.11. The predicted molar refractivity (Wildman–Crippen MR) is 109 cm³/mol. The number of carbonyl (C=O) groups excluding carboxylic acids is 2. The number of H-pyrrole nitrogens is 1. The molecule has 0 saturated heterocycles. The number of benzene rings is 2. The third-order valence-electron chi connectivity index (χ3n) is 3.57. The molecule has 0 bridgehead atoms. The van der Waals surface area contributed by atoms with Gasteiger partial charge in [-0.25, -0.2) is 9.78 Å². The largest absolute Gasteiger partial charge is 0.462 e. The number of rotatable bonds is 7. The second kappa shape index (κ2) is 9.38. The zero-order valence-corrected chi connectivity index (χ0v) is 16.5. The minimum absolute atomic E-state index is 0.127. The first-order valence-corrected chi connectivity index (χ1v) is 9.79. The minimum Gasteiger partial charge on any atom is -0.462 e. The first-order chi connectivity index (χ1) is 13.5. The number of thioether (sulfide) groups is 1. The van der Waals surface area contributed by atoms with Crippen LogP contribution in [0.1, 0.15) is 17.3 Å². The van der Waals surface area contributed by atoms with Gasteiger partial charge in [-0.15, -0.1) is 5.10 Å². The number of nitrogens with zero attached hydrogens (tertiary/aromatic N) is 2. The Bertz CT molecular complexity index is 975. The number of ether oxygens (including phenoxy) is 1. The van der Waals surface area contributed by atoms with E-state index in [1.807, 2.05) is 12.1 Å². The summed E-state index contributed by atoms with van der Waals surface area (Å²) in [5.74, 6) is 0.0654. The second-order valence-corrected chi connectivity index (χ2v) is 6.99. The minimum atomic E-state index is -0.427. The molecule has 3 aromatic rings. The molecule has 0 spiro atoms. The Morgan fingerprint density at radius 3 is 2.75 bits per heavy atom. The van der Waals surface area contributed by atoms with Crippen LogP contribution in [0.5, 0.6) is 0 Å². The molecule has 28 heavy (non-hydrogen) atoms. The van der Waals surface area contributed by atoms with Crippen molar-refractivity contribution < 1.29 is 14.3 Å². The third kappa shape index (κ3) is 5.34. The average molecular weight is 417 g/mol. The van der Waals surface area contributed by atoms with Crippen LogP contribution in [-0.2, 0) is 9.53 Å². The number of carbonyl (C=O) groups is 2. The number of aromatic amines is 1. The summed E-state index contributed by atoms with van der Waals surface area (Å²) in [5, 5.41) is 10.8. The highest BCUT2D eigenvalue weighted by molar-refractivity contribution is 7.99. The summed E-state index contributed by atoms with van der Waals surface area (Å²) < 4.78 is 4.96. The van der Waals surface area contributed by atoms with Crippen LogP contribution in [0.15, 0.2) is 53.7 Å². The van der Waals surface area contributed by atoms with Gasteiger partial charge in [-0.05, 0) is 49.4 Å². The summed E-state index contributed by atoms with van der Waals surface area (Å²) in [6.07, 6.45) is 0. The van der Waals surface area contributed by atoms with Crippen LogP contribution in [-0.4, -0.2) is 39.4 Å². The molecule has 0 aliphatic carbocycles. The molecule has 0 fully saturated rings. The third-order valence-corrected chi connectivity index (χ3v) is 4.67. The summed E-state index contributed by atoms with van der Waals surface area (Å²) in [6, 6.07) is 13.8. The van der Waals surface area contributed by atoms with Gasteiger partial charge in [0.1, 0.15) is 0 Å². The predicted octanol–water partition coefficient (Wildman–Crippen LogP) is 4.03. The highest BCUT2D eigenvalue weighted by atomic mass is 35.5. The number of hydrogen-bond donors (Lipinski definition) is 2. The molecule has 1 aromatic heterocycles. The number of halogens is 1. The standard InChI is InChI=1S/C19H17ClN4O3S/c1-2-27-18(26)13-4-3-5-15(10-13)21-16(25)11-28-19-22-17(23-24-19)12-6-8-14(20)9-7-12/h3-10H,2,11H2,1H3,(H,21,25)(H,22,23,24). The van der Waals surface area contributed by atoms with Crippen LogP contribution >= 0.6 is 23.4 Å². The van der Waals surface area contributed by atoms with Gasteiger partial charge in [0, 0.05) is 16.3 Å². The zero-order valence-electron chi connectivity index (χ0n) is 14.9. The first-order valence-electron chi connectivity index (χ1n) is 8.43. The monoisotopic (exact) mass is 416 g/mol. The van der Waals surface area contributed by atoms with E-state index in [-0.39, 0.29) is 11.7 Å². The van der Waals surface area contributed by atoms with E-state index in [9.17, 15) is 9.59 Å². The van der Waals surface area contributed by atoms with Gasteiger partial charge in [0.25, 0.3) is 0 Å². The van der Waals surface area contributed by atoms with Crippen molar-refractivity contribution >= 4 is 40.9 Å². The van der Waals surface area contributed by atoms with Crippen molar-refractivity contribution in [2.24, 2.45) is 0 Å².